The fourth-order valence-electron chi connectivity index (χ4n) is 0.835. The predicted molar refractivity (Wildman–Crippen MR) is 62.2 cm³/mol. The van der Waals surface area contributed by atoms with Crippen LogP contribution in [0.2, 0.25) is 0 Å². The Kier molecular flexibility index (Phi) is 4.64. The van der Waals surface area contributed by atoms with Crippen molar-refractivity contribution in [3.8, 4) is 0 Å². The van der Waals surface area contributed by atoms with E-state index in [0.717, 1.165) is 4.47 Å². The van der Waals surface area contributed by atoms with Gasteiger partial charge in [-0.25, -0.2) is 4.99 Å². The largest absolute Gasteiger partial charge is 0.424 e. The monoisotopic (exact) mass is 333 g/mol. The third-order valence-corrected chi connectivity index (χ3v) is 2.77. The molecule has 0 aromatic heterocycles. The van der Waals surface area contributed by atoms with Crippen LogP contribution in [-0.2, 0) is 0 Å². The van der Waals surface area contributed by atoms with Crippen molar-refractivity contribution in [1.82, 2.24) is 0 Å². The maximum atomic E-state index is 12.1. The molecular weight excluding hydrogens is 330 g/mol. The molecule has 88 valence electrons. The first-order valence-electron chi connectivity index (χ1n) is 4.00. The first kappa shape index (κ1) is 13.8. The predicted octanol–water partition coefficient (Wildman–Crippen LogP) is 4.56. The van der Waals surface area contributed by atoms with E-state index in [1.165, 1.54) is 12.1 Å². The molecule has 1 nitrogen and oxygen atoms in total. The van der Waals surface area contributed by atoms with Gasteiger partial charge in [0, 0.05) is 10.0 Å². The van der Waals surface area contributed by atoms with Crippen LogP contribution >= 0.6 is 39.1 Å². The molecule has 0 amide bonds. The Balaban J connectivity index is 2.89. The van der Waals surface area contributed by atoms with E-state index in [-0.39, 0.29) is 5.17 Å². The van der Waals surface area contributed by atoms with E-state index >= 15 is 0 Å². The van der Waals surface area contributed by atoms with Gasteiger partial charge in [-0.3, -0.25) is 0 Å². The number of hydrogen-bond donors (Lipinski definition) is 0. The Morgan fingerprint density at radius 3 is 2.19 bits per heavy atom. The highest BCUT2D eigenvalue weighted by atomic mass is 79.9. The molecule has 0 spiro atoms. The quantitative estimate of drug-likeness (QED) is 0.427. The van der Waals surface area contributed by atoms with Crippen LogP contribution in [0.15, 0.2) is 33.7 Å². The summed E-state index contributed by atoms with van der Waals surface area (Å²) >= 11 is 13.8. The van der Waals surface area contributed by atoms with Crippen molar-refractivity contribution in [2.75, 3.05) is 0 Å². The molecule has 0 aliphatic rings. The maximum absolute atomic E-state index is 12.1. The summed E-state index contributed by atoms with van der Waals surface area (Å²) in [6, 6.07) is 6.36. The number of rotatable bonds is 2. The summed E-state index contributed by atoms with van der Waals surface area (Å²) in [5.74, 6) is 0. The lowest BCUT2D eigenvalue weighted by molar-refractivity contribution is -0.128. The first-order valence-corrected chi connectivity index (χ1v) is 5.61. The van der Waals surface area contributed by atoms with E-state index in [1.54, 1.807) is 12.1 Å². The topological polar surface area (TPSA) is 12.4 Å². The minimum Gasteiger partial charge on any atom is -0.243 e. The number of benzene rings is 1. The highest BCUT2D eigenvalue weighted by Crippen LogP contribution is 2.27. The van der Waals surface area contributed by atoms with Gasteiger partial charge < -0.3 is 0 Å². The number of nitrogens with zero attached hydrogens (tertiary/aromatic N) is 1. The second-order valence-corrected chi connectivity index (χ2v) is 4.49. The Labute approximate surface area is 108 Å². The zero-order valence-corrected chi connectivity index (χ0v) is 10.7. The van der Waals surface area contributed by atoms with Gasteiger partial charge in [0.15, 0.2) is 0 Å². The first-order chi connectivity index (χ1) is 7.30. The van der Waals surface area contributed by atoms with Crippen LogP contribution in [0.4, 0.5) is 13.2 Å². The Morgan fingerprint density at radius 2 is 1.75 bits per heavy atom. The summed E-state index contributed by atoms with van der Waals surface area (Å²) in [6.45, 7) is 0. The van der Waals surface area contributed by atoms with Gasteiger partial charge >= 0.3 is 6.18 Å². The van der Waals surface area contributed by atoms with E-state index in [1.807, 2.05) is 0 Å². The molecule has 0 aliphatic heterocycles. The number of alkyl halides is 4. The average Bonchev–Trinajstić information content (AvgIpc) is 2.17. The zero-order valence-electron chi connectivity index (χ0n) is 7.60. The van der Waals surface area contributed by atoms with Crippen LogP contribution in [0.25, 0.3) is 0 Å². The summed E-state index contributed by atoms with van der Waals surface area (Å²) in [4.78, 5) is 3.16. The second-order valence-electron chi connectivity index (χ2n) is 2.80. The van der Waals surface area contributed by atoms with Gasteiger partial charge in [0.1, 0.15) is 5.17 Å². The molecule has 0 fully saturated rings. The zero-order chi connectivity index (χ0) is 12.3. The summed E-state index contributed by atoms with van der Waals surface area (Å²) in [6.07, 6.45) is -4.60. The Bertz CT molecular complexity index is 389. The molecule has 1 aromatic carbocycles. The molecule has 1 aromatic rings. The van der Waals surface area contributed by atoms with Crippen molar-refractivity contribution < 1.29 is 13.2 Å². The van der Waals surface area contributed by atoms with Gasteiger partial charge in [-0.1, -0.05) is 51.3 Å². The normalized spacial score (nSPS) is 15.0. The van der Waals surface area contributed by atoms with E-state index in [9.17, 15) is 13.2 Å². The molecule has 0 N–H and O–H groups in total. The van der Waals surface area contributed by atoms with Crippen molar-refractivity contribution >= 4 is 44.3 Å². The third-order valence-electron chi connectivity index (χ3n) is 1.58. The van der Waals surface area contributed by atoms with Crippen LogP contribution in [0.5, 0.6) is 0 Å². The molecule has 0 saturated heterocycles. The van der Waals surface area contributed by atoms with E-state index in [4.69, 9.17) is 23.2 Å². The van der Waals surface area contributed by atoms with Crippen LogP contribution in [-0.4, -0.2) is 16.8 Å². The van der Waals surface area contributed by atoms with Gasteiger partial charge in [-0.2, -0.15) is 13.2 Å². The van der Waals surface area contributed by atoms with Crippen molar-refractivity contribution in [3.05, 3.63) is 34.3 Å². The SMILES string of the molecule is FC(F)(F)C(Cl)/N=C(\Cl)c1ccc(Br)cc1. The Hall–Kier alpha value is -0.260. The molecule has 0 saturated carbocycles. The second kappa shape index (κ2) is 5.38. The van der Waals surface area contributed by atoms with E-state index in [0.29, 0.717) is 5.56 Å². The standard InChI is InChI=1S/C9H5BrCl2F3N/c10-6-3-1-5(2-4-6)7(11)16-8(12)9(13,14)15/h1-4,8H/b16-7-. The molecule has 0 aliphatic carbocycles. The van der Waals surface area contributed by atoms with E-state index < -0.39 is 11.7 Å². The smallest absolute Gasteiger partial charge is 0.243 e. The lowest BCUT2D eigenvalue weighted by atomic mass is 10.2. The van der Waals surface area contributed by atoms with Gasteiger partial charge in [0.05, 0.1) is 0 Å². The molecule has 1 atom stereocenters. The van der Waals surface area contributed by atoms with Crippen molar-refractivity contribution in [1.29, 1.82) is 0 Å². The molecule has 0 radical (unpaired) electrons. The van der Waals surface area contributed by atoms with Crippen molar-refractivity contribution in [2.45, 2.75) is 11.7 Å². The molecule has 16 heavy (non-hydrogen) atoms. The number of halogens is 6. The van der Waals surface area contributed by atoms with E-state index in [2.05, 4.69) is 20.9 Å². The lowest BCUT2D eigenvalue weighted by Crippen LogP contribution is -2.22. The molecule has 1 rings (SSSR count). The Morgan fingerprint density at radius 1 is 1.25 bits per heavy atom. The lowest BCUT2D eigenvalue weighted by Gasteiger charge is -2.09. The molecule has 1 unspecified atom stereocenters. The highest BCUT2D eigenvalue weighted by Gasteiger charge is 2.38. The van der Waals surface area contributed by atoms with Gasteiger partial charge in [0.2, 0.25) is 5.50 Å². The highest BCUT2D eigenvalue weighted by molar-refractivity contribution is 9.10. The van der Waals surface area contributed by atoms with Crippen LogP contribution in [0.3, 0.4) is 0 Å². The summed E-state index contributed by atoms with van der Waals surface area (Å²) in [5.41, 5.74) is -1.96. The van der Waals surface area contributed by atoms with Gasteiger partial charge in [-0.05, 0) is 12.1 Å². The fraction of sp³-hybridized carbons (Fsp3) is 0.222. The minimum absolute atomic E-state index is 0.273. The fourth-order valence-corrected chi connectivity index (χ4v) is 1.47. The van der Waals surface area contributed by atoms with Gasteiger partial charge in [-0.15, -0.1) is 0 Å². The number of aliphatic imine (C=N–C) groups is 1. The number of hydrogen-bond acceptors (Lipinski definition) is 1. The summed E-state index contributed by atoms with van der Waals surface area (Å²) in [5, 5.41) is -0.273. The molecule has 7 heteroatoms. The van der Waals surface area contributed by atoms with Crippen LogP contribution in [0, 0.1) is 0 Å². The van der Waals surface area contributed by atoms with Crippen molar-refractivity contribution in [3.63, 3.8) is 0 Å². The maximum Gasteiger partial charge on any atom is 0.424 e. The minimum atomic E-state index is -4.60. The van der Waals surface area contributed by atoms with Crippen LogP contribution in [0.1, 0.15) is 5.56 Å². The molecule has 0 heterocycles. The molecular formula is C9H5BrCl2F3N. The third kappa shape index (κ3) is 3.96. The average molecular weight is 335 g/mol. The van der Waals surface area contributed by atoms with Crippen LogP contribution < -0.4 is 0 Å². The van der Waals surface area contributed by atoms with Gasteiger partial charge in [0.25, 0.3) is 0 Å². The van der Waals surface area contributed by atoms with Crippen molar-refractivity contribution in [2.24, 2.45) is 4.99 Å². The summed E-state index contributed by atoms with van der Waals surface area (Å²) < 4.78 is 37.0. The summed E-state index contributed by atoms with van der Waals surface area (Å²) in [7, 11) is 0. The molecule has 0 bridgehead atoms.